The molecule has 1 amide bonds. The second-order valence-electron chi connectivity index (χ2n) is 14.4. The molecule has 1 aromatic heterocycles. The summed E-state index contributed by atoms with van der Waals surface area (Å²) in [6, 6.07) is 2.74. The van der Waals surface area contributed by atoms with E-state index in [1.807, 2.05) is 13.8 Å². The van der Waals surface area contributed by atoms with E-state index < -0.39 is 10.1 Å². The Morgan fingerprint density at radius 2 is 1.80 bits per heavy atom. The topological polar surface area (TPSA) is 121 Å². The Labute approximate surface area is 243 Å². The van der Waals surface area contributed by atoms with E-state index in [2.05, 4.69) is 26.1 Å². The molecule has 1 heterocycles. The molecule has 224 valence electrons. The Kier molecular flexibility index (Phi) is 8.12. The average Bonchev–Trinajstić information content (AvgIpc) is 3.48. The number of carbonyl (C=O) groups is 2. The summed E-state index contributed by atoms with van der Waals surface area (Å²) in [6.07, 6.45) is 7.45. The summed E-state index contributed by atoms with van der Waals surface area (Å²) in [4.78, 5) is 26.3. The highest BCUT2D eigenvalue weighted by Gasteiger charge is 2.63. The van der Waals surface area contributed by atoms with Gasteiger partial charge in [-0.25, -0.2) is 0 Å². The van der Waals surface area contributed by atoms with E-state index in [9.17, 15) is 27.7 Å². The Hall–Kier alpha value is -1.29. The van der Waals surface area contributed by atoms with Crippen molar-refractivity contribution in [3.8, 4) is 0 Å². The van der Waals surface area contributed by atoms with Gasteiger partial charge in [0.05, 0.1) is 12.1 Å². The van der Waals surface area contributed by atoms with Crippen molar-refractivity contribution in [1.29, 1.82) is 0 Å². The minimum atomic E-state index is -4.27. The lowest BCUT2D eigenvalue weighted by Gasteiger charge is -2.61. The van der Waals surface area contributed by atoms with Crippen LogP contribution in [-0.2, 0) is 19.7 Å². The number of carbonyl (C=O) groups excluding carboxylic acids is 2. The molecule has 4 fully saturated rings. The van der Waals surface area contributed by atoms with Crippen molar-refractivity contribution in [3.63, 3.8) is 0 Å². The summed E-state index contributed by atoms with van der Waals surface area (Å²) in [7, 11) is -4.27. The molecule has 1 aromatic rings. The molecule has 4 aliphatic rings. The van der Waals surface area contributed by atoms with Gasteiger partial charge in [-0.2, -0.15) is 8.42 Å². The van der Waals surface area contributed by atoms with Gasteiger partial charge < -0.3 is 10.4 Å². The van der Waals surface area contributed by atoms with Crippen LogP contribution in [0.15, 0.2) is 16.3 Å². The smallest absolute Gasteiger partial charge is 0.304 e. The number of nitrogens with one attached hydrogen (secondary N) is 1. The summed E-state index contributed by atoms with van der Waals surface area (Å²) in [5.41, 5.74) is 0.233. The summed E-state index contributed by atoms with van der Waals surface area (Å²) in [5, 5.41) is 14.6. The van der Waals surface area contributed by atoms with Gasteiger partial charge in [-0.1, -0.05) is 34.6 Å². The standard InChI is InChI=1S/C31H47NO6S2/c1-17(2)29(25-8-9-27(39-25)40(36,37)38)32-26(35)14-18(3)21-6-7-22-28-23(11-13-31(21,22)5)30(4)12-10-20(33)15-19(30)16-24(28)34/h8-9,17-19,21-24,28-29,34H,6-7,10-16H2,1-5H3,(H,32,35)(H,36,37,38)/t18-,19+,21?,22+,23+,24-,28+,29+,30+,31-/m1/s1. The van der Waals surface area contributed by atoms with Crippen LogP contribution in [-0.4, -0.2) is 35.9 Å². The van der Waals surface area contributed by atoms with Gasteiger partial charge in [0.2, 0.25) is 5.91 Å². The molecule has 40 heavy (non-hydrogen) atoms. The van der Waals surface area contributed by atoms with Gasteiger partial charge in [0.25, 0.3) is 0 Å². The lowest BCUT2D eigenvalue weighted by Crippen LogP contribution is -2.58. The van der Waals surface area contributed by atoms with Crippen LogP contribution >= 0.6 is 11.3 Å². The summed E-state index contributed by atoms with van der Waals surface area (Å²) in [5.74, 6) is 2.47. The van der Waals surface area contributed by atoms with Crippen LogP contribution in [0.2, 0.25) is 0 Å². The van der Waals surface area contributed by atoms with Crippen LogP contribution in [0.4, 0.5) is 0 Å². The lowest BCUT2D eigenvalue weighted by molar-refractivity contribution is -0.169. The zero-order valence-corrected chi connectivity index (χ0v) is 26.2. The molecule has 1 unspecified atom stereocenters. The van der Waals surface area contributed by atoms with Crippen LogP contribution in [0, 0.1) is 52.3 Å². The maximum absolute atomic E-state index is 13.3. The maximum atomic E-state index is 13.3. The number of thiophene rings is 1. The quantitative estimate of drug-likeness (QED) is 0.332. The third kappa shape index (κ3) is 5.22. The lowest BCUT2D eigenvalue weighted by atomic mass is 9.44. The number of hydrogen-bond donors (Lipinski definition) is 3. The van der Waals surface area contributed by atoms with Gasteiger partial charge >= 0.3 is 10.1 Å². The van der Waals surface area contributed by atoms with Gasteiger partial charge in [0.1, 0.15) is 9.99 Å². The van der Waals surface area contributed by atoms with Crippen LogP contribution in [0.1, 0.15) is 103 Å². The first-order chi connectivity index (χ1) is 18.6. The van der Waals surface area contributed by atoms with Gasteiger partial charge in [-0.05, 0) is 103 Å². The van der Waals surface area contributed by atoms with Crippen molar-refractivity contribution >= 4 is 33.1 Å². The van der Waals surface area contributed by atoms with E-state index in [1.54, 1.807) is 6.07 Å². The first-order valence-electron chi connectivity index (χ1n) is 15.2. The van der Waals surface area contributed by atoms with Gasteiger partial charge in [-0.15, -0.1) is 11.3 Å². The number of fused-ring (bicyclic) bond motifs is 5. The second-order valence-corrected chi connectivity index (χ2v) is 17.1. The summed E-state index contributed by atoms with van der Waals surface area (Å²) < 4.78 is 32.4. The molecule has 0 bridgehead atoms. The molecule has 0 spiro atoms. The average molecular weight is 594 g/mol. The summed E-state index contributed by atoms with van der Waals surface area (Å²) >= 11 is 1.000. The van der Waals surface area contributed by atoms with Crippen molar-refractivity contribution < 1.29 is 27.7 Å². The van der Waals surface area contributed by atoms with Crippen LogP contribution in [0.5, 0.6) is 0 Å². The van der Waals surface area contributed by atoms with E-state index >= 15 is 0 Å². The van der Waals surface area contributed by atoms with Crippen LogP contribution in [0.3, 0.4) is 0 Å². The maximum Gasteiger partial charge on any atom is 0.304 e. The number of hydrogen-bond acceptors (Lipinski definition) is 6. The molecule has 0 radical (unpaired) electrons. The zero-order chi connectivity index (χ0) is 29.2. The number of aliphatic hydroxyl groups is 1. The minimum absolute atomic E-state index is 0.0336. The highest BCUT2D eigenvalue weighted by Crippen LogP contribution is 2.68. The van der Waals surface area contributed by atoms with Crippen LogP contribution < -0.4 is 5.32 Å². The van der Waals surface area contributed by atoms with E-state index in [1.165, 1.54) is 6.07 Å². The van der Waals surface area contributed by atoms with E-state index in [-0.39, 0.29) is 50.8 Å². The van der Waals surface area contributed by atoms with Crippen LogP contribution in [0.25, 0.3) is 0 Å². The number of rotatable bonds is 7. The summed E-state index contributed by atoms with van der Waals surface area (Å²) in [6.45, 7) is 11.0. The first kappa shape index (κ1) is 30.2. The van der Waals surface area contributed by atoms with Crippen molar-refractivity contribution in [2.45, 2.75) is 109 Å². The van der Waals surface area contributed by atoms with E-state index in [0.29, 0.717) is 48.7 Å². The molecule has 0 aliphatic heterocycles. The molecule has 10 atom stereocenters. The fraction of sp³-hybridized carbons (Fsp3) is 0.806. The Morgan fingerprint density at radius 3 is 2.45 bits per heavy atom. The highest BCUT2D eigenvalue weighted by atomic mass is 32.3. The number of amides is 1. The molecular weight excluding hydrogens is 546 g/mol. The molecule has 9 heteroatoms. The third-order valence-electron chi connectivity index (χ3n) is 11.9. The van der Waals surface area contributed by atoms with Gasteiger partial charge in [0.15, 0.2) is 0 Å². The van der Waals surface area contributed by atoms with Crippen molar-refractivity contribution in [2.24, 2.45) is 52.3 Å². The van der Waals surface area contributed by atoms with Crippen molar-refractivity contribution in [1.82, 2.24) is 5.32 Å². The predicted octanol–water partition coefficient (Wildman–Crippen LogP) is 6.03. The molecule has 4 saturated carbocycles. The van der Waals surface area contributed by atoms with Gasteiger partial charge in [0, 0.05) is 24.1 Å². The van der Waals surface area contributed by atoms with E-state index in [0.717, 1.165) is 54.7 Å². The normalized spacial score (nSPS) is 39.2. The SMILES string of the molecule is CC(C)[C@H](NC(=O)C[C@@H](C)C1CC[C@H]2[C@@H]3[C@H](O)C[C@@H]4CC(=O)CC[C@]4(C)[C@H]3CC[C@]12C)c1ccc(S(=O)(=O)O)s1. The molecule has 0 saturated heterocycles. The number of aliphatic hydroxyl groups excluding tert-OH is 1. The fourth-order valence-electron chi connectivity index (χ4n) is 9.86. The Bertz CT molecular complexity index is 1240. The molecule has 0 aromatic carbocycles. The fourth-order valence-corrected chi connectivity index (χ4v) is 11.8. The molecule has 3 N–H and O–H groups in total. The monoisotopic (exact) mass is 593 g/mol. The van der Waals surface area contributed by atoms with E-state index in [4.69, 9.17) is 0 Å². The molecule has 4 aliphatic carbocycles. The predicted molar refractivity (Wildman–Crippen MR) is 155 cm³/mol. The first-order valence-corrected chi connectivity index (χ1v) is 17.5. The third-order valence-corrected chi connectivity index (χ3v) is 14.4. The molecule has 5 rings (SSSR count). The Morgan fingerprint density at radius 1 is 1.10 bits per heavy atom. The molecular formula is C31H47NO6S2. The van der Waals surface area contributed by atoms with Crippen molar-refractivity contribution in [3.05, 3.63) is 17.0 Å². The second kappa shape index (κ2) is 10.8. The highest BCUT2D eigenvalue weighted by molar-refractivity contribution is 7.88. The number of ketones is 1. The molecule has 7 nitrogen and oxygen atoms in total. The largest absolute Gasteiger partial charge is 0.393 e. The Balaban J connectivity index is 1.27. The number of Topliss-reactive ketones (excluding diaryl/α,β-unsaturated/α-hetero) is 1. The van der Waals surface area contributed by atoms with Crippen molar-refractivity contribution in [2.75, 3.05) is 0 Å². The zero-order valence-electron chi connectivity index (χ0n) is 24.6. The van der Waals surface area contributed by atoms with Gasteiger partial charge in [-0.3, -0.25) is 14.1 Å². The minimum Gasteiger partial charge on any atom is -0.393 e.